The van der Waals surface area contributed by atoms with E-state index in [1.165, 1.54) is 11.1 Å². The molecule has 4 nitrogen and oxygen atoms in total. The highest BCUT2D eigenvalue weighted by Crippen LogP contribution is 2.32. The van der Waals surface area contributed by atoms with Gasteiger partial charge in [0.1, 0.15) is 12.4 Å². The Morgan fingerprint density at radius 3 is 2.17 bits per heavy atom. The van der Waals surface area contributed by atoms with Gasteiger partial charge in [0.2, 0.25) is 5.91 Å². The molecule has 0 saturated carbocycles. The fourth-order valence-electron chi connectivity index (χ4n) is 3.33. The lowest BCUT2D eigenvalue weighted by molar-refractivity contribution is -0.117. The normalized spacial score (nSPS) is 11.2. The SMILES string of the molecule is C=CCOc1ccc(CN(C)CC(=O)Nc2c(C(C)C)cccc2C(C)C)cc1. The van der Waals surface area contributed by atoms with Crippen molar-refractivity contribution in [1.29, 1.82) is 0 Å². The zero-order chi connectivity index (χ0) is 21.4. The Balaban J connectivity index is 2.01. The van der Waals surface area contributed by atoms with Crippen molar-refractivity contribution in [1.82, 2.24) is 4.90 Å². The largest absolute Gasteiger partial charge is 0.490 e. The number of benzene rings is 2. The Bertz CT molecular complexity index is 784. The van der Waals surface area contributed by atoms with Crippen molar-refractivity contribution in [3.8, 4) is 5.75 Å². The minimum absolute atomic E-state index is 0.00781. The molecule has 1 amide bonds. The predicted octanol–water partition coefficient (Wildman–Crippen LogP) is 5.57. The molecule has 0 aliphatic carbocycles. The highest BCUT2D eigenvalue weighted by molar-refractivity contribution is 5.94. The molecule has 0 saturated heterocycles. The Labute approximate surface area is 175 Å². The fourth-order valence-corrected chi connectivity index (χ4v) is 3.33. The molecule has 0 radical (unpaired) electrons. The molecule has 2 rings (SSSR count). The summed E-state index contributed by atoms with van der Waals surface area (Å²) in [5, 5.41) is 3.18. The quantitative estimate of drug-likeness (QED) is 0.536. The summed E-state index contributed by atoms with van der Waals surface area (Å²) in [6.45, 7) is 13.8. The zero-order valence-corrected chi connectivity index (χ0v) is 18.4. The fraction of sp³-hybridized carbons (Fsp3) is 0.400. The summed E-state index contributed by atoms with van der Waals surface area (Å²) in [4.78, 5) is 14.8. The summed E-state index contributed by atoms with van der Waals surface area (Å²) < 4.78 is 5.51. The van der Waals surface area contributed by atoms with Crippen LogP contribution in [0.4, 0.5) is 5.69 Å². The first-order valence-corrected chi connectivity index (χ1v) is 10.3. The van der Waals surface area contributed by atoms with E-state index in [0.29, 0.717) is 31.5 Å². The van der Waals surface area contributed by atoms with Gasteiger partial charge in [-0.15, -0.1) is 0 Å². The third-order valence-electron chi connectivity index (χ3n) is 4.79. The van der Waals surface area contributed by atoms with E-state index in [4.69, 9.17) is 4.74 Å². The Morgan fingerprint density at radius 1 is 1.07 bits per heavy atom. The van der Waals surface area contributed by atoms with Crippen LogP contribution >= 0.6 is 0 Å². The number of carbonyl (C=O) groups is 1. The lowest BCUT2D eigenvalue weighted by atomic mass is 9.92. The summed E-state index contributed by atoms with van der Waals surface area (Å²) >= 11 is 0. The second kappa shape index (κ2) is 10.8. The number of amides is 1. The number of nitrogens with one attached hydrogen (secondary N) is 1. The van der Waals surface area contributed by atoms with Crippen molar-refractivity contribution < 1.29 is 9.53 Å². The average Bonchev–Trinajstić information content (AvgIpc) is 2.67. The molecule has 0 heterocycles. The number of likely N-dealkylation sites (N-methyl/N-ethyl adjacent to an activating group) is 1. The Kier molecular flexibility index (Phi) is 8.47. The minimum atomic E-state index is 0.00781. The first-order valence-electron chi connectivity index (χ1n) is 10.3. The smallest absolute Gasteiger partial charge is 0.238 e. The number of ether oxygens (including phenoxy) is 1. The number of hydrogen-bond donors (Lipinski definition) is 1. The van der Waals surface area contributed by atoms with Gasteiger partial charge in [-0.1, -0.05) is 70.7 Å². The minimum Gasteiger partial charge on any atom is -0.490 e. The van der Waals surface area contributed by atoms with E-state index in [1.807, 2.05) is 36.2 Å². The van der Waals surface area contributed by atoms with Gasteiger partial charge in [-0.05, 0) is 47.7 Å². The van der Waals surface area contributed by atoms with Gasteiger partial charge >= 0.3 is 0 Å². The van der Waals surface area contributed by atoms with E-state index in [0.717, 1.165) is 17.0 Å². The van der Waals surface area contributed by atoms with Crippen LogP contribution in [0.1, 0.15) is 56.2 Å². The molecule has 1 N–H and O–H groups in total. The summed E-state index contributed by atoms with van der Waals surface area (Å²) in [7, 11) is 1.96. The Morgan fingerprint density at radius 2 is 1.66 bits per heavy atom. The Hall–Kier alpha value is -2.59. The molecule has 2 aromatic carbocycles. The van der Waals surface area contributed by atoms with E-state index >= 15 is 0 Å². The zero-order valence-electron chi connectivity index (χ0n) is 18.4. The van der Waals surface area contributed by atoms with Crippen LogP contribution in [0.3, 0.4) is 0 Å². The van der Waals surface area contributed by atoms with Gasteiger partial charge in [-0.2, -0.15) is 0 Å². The van der Waals surface area contributed by atoms with Crippen LogP contribution in [-0.2, 0) is 11.3 Å². The third-order valence-corrected chi connectivity index (χ3v) is 4.79. The molecule has 0 aliphatic rings. The molecule has 0 bridgehead atoms. The highest BCUT2D eigenvalue weighted by atomic mass is 16.5. The number of rotatable bonds is 10. The van der Waals surface area contributed by atoms with Crippen LogP contribution in [0, 0.1) is 0 Å². The molecule has 0 atom stereocenters. The van der Waals surface area contributed by atoms with Crippen LogP contribution in [-0.4, -0.2) is 31.0 Å². The lowest BCUT2D eigenvalue weighted by Crippen LogP contribution is -2.30. The van der Waals surface area contributed by atoms with E-state index in [1.54, 1.807) is 6.08 Å². The molecule has 29 heavy (non-hydrogen) atoms. The number of anilines is 1. The second-order valence-electron chi connectivity index (χ2n) is 8.08. The van der Waals surface area contributed by atoms with E-state index in [2.05, 4.69) is 57.8 Å². The molecule has 4 heteroatoms. The maximum absolute atomic E-state index is 12.8. The van der Waals surface area contributed by atoms with Crippen molar-refractivity contribution in [2.75, 3.05) is 25.5 Å². The van der Waals surface area contributed by atoms with E-state index in [-0.39, 0.29) is 5.91 Å². The van der Waals surface area contributed by atoms with Crippen molar-refractivity contribution in [2.24, 2.45) is 0 Å². The third kappa shape index (κ3) is 6.75. The predicted molar refractivity (Wildman–Crippen MR) is 122 cm³/mol. The summed E-state index contributed by atoms with van der Waals surface area (Å²) in [6.07, 6.45) is 1.72. The molecule has 0 aromatic heterocycles. The van der Waals surface area contributed by atoms with Crippen LogP contribution in [0.25, 0.3) is 0 Å². The number of para-hydroxylation sites is 1. The summed E-state index contributed by atoms with van der Waals surface area (Å²) in [6, 6.07) is 14.2. The monoisotopic (exact) mass is 394 g/mol. The van der Waals surface area contributed by atoms with Crippen molar-refractivity contribution in [3.63, 3.8) is 0 Å². The van der Waals surface area contributed by atoms with Crippen molar-refractivity contribution in [2.45, 2.75) is 46.1 Å². The maximum atomic E-state index is 12.8. The molecule has 0 unspecified atom stereocenters. The summed E-state index contributed by atoms with van der Waals surface area (Å²) in [5.74, 6) is 1.53. The molecule has 0 aliphatic heterocycles. The molecule has 0 spiro atoms. The van der Waals surface area contributed by atoms with Crippen LogP contribution in [0.2, 0.25) is 0 Å². The molecular formula is C25H34N2O2. The topological polar surface area (TPSA) is 41.6 Å². The molecule has 156 valence electrons. The van der Waals surface area contributed by atoms with Gasteiger partial charge in [-0.3, -0.25) is 9.69 Å². The van der Waals surface area contributed by atoms with Gasteiger partial charge in [-0.25, -0.2) is 0 Å². The number of carbonyl (C=O) groups excluding carboxylic acids is 1. The standard InChI is InChI=1S/C25H34N2O2/c1-7-15-29-21-13-11-20(12-14-21)16-27(6)17-24(28)26-25-22(18(2)3)9-8-10-23(25)19(4)5/h7-14,18-19H,1,15-17H2,2-6H3,(H,26,28). The average molecular weight is 395 g/mol. The van der Waals surface area contributed by atoms with Gasteiger partial charge in [0.25, 0.3) is 0 Å². The van der Waals surface area contributed by atoms with Gasteiger partial charge in [0.15, 0.2) is 0 Å². The van der Waals surface area contributed by atoms with Gasteiger partial charge in [0.05, 0.1) is 6.54 Å². The van der Waals surface area contributed by atoms with Crippen LogP contribution < -0.4 is 10.1 Å². The summed E-state index contributed by atoms with van der Waals surface area (Å²) in [5.41, 5.74) is 4.47. The highest BCUT2D eigenvalue weighted by Gasteiger charge is 2.16. The van der Waals surface area contributed by atoms with E-state index in [9.17, 15) is 4.79 Å². The molecule has 0 fully saturated rings. The number of nitrogens with zero attached hydrogens (tertiary/aromatic N) is 1. The molecular weight excluding hydrogens is 360 g/mol. The van der Waals surface area contributed by atoms with E-state index < -0.39 is 0 Å². The van der Waals surface area contributed by atoms with Crippen LogP contribution in [0.5, 0.6) is 5.75 Å². The molecule has 2 aromatic rings. The maximum Gasteiger partial charge on any atom is 0.238 e. The van der Waals surface area contributed by atoms with Crippen molar-refractivity contribution in [3.05, 3.63) is 71.8 Å². The van der Waals surface area contributed by atoms with Gasteiger partial charge in [0, 0.05) is 12.2 Å². The van der Waals surface area contributed by atoms with Gasteiger partial charge < -0.3 is 10.1 Å². The van der Waals surface area contributed by atoms with Crippen LogP contribution in [0.15, 0.2) is 55.1 Å². The first kappa shape index (κ1) is 22.7. The first-order chi connectivity index (χ1) is 13.8. The second-order valence-corrected chi connectivity index (χ2v) is 8.08. The number of hydrogen-bond acceptors (Lipinski definition) is 3. The lowest BCUT2D eigenvalue weighted by Gasteiger charge is -2.22. The van der Waals surface area contributed by atoms with Crippen molar-refractivity contribution >= 4 is 11.6 Å².